The van der Waals surface area contributed by atoms with Crippen LogP contribution in [0.1, 0.15) is 10.4 Å². The molecular weight excluding hydrogens is 364 g/mol. The highest BCUT2D eigenvalue weighted by atomic mass is 79.9. The van der Waals surface area contributed by atoms with Gasteiger partial charge in [0.15, 0.2) is 0 Å². The first-order valence-electron chi connectivity index (χ1n) is 4.80. The summed E-state index contributed by atoms with van der Waals surface area (Å²) in [5.41, 5.74) is 1.06. The first-order chi connectivity index (χ1) is 8.34. The molecule has 18 heavy (non-hydrogen) atoms. The predicted molar refractivity (Wildman–Crippen MR) is 77.2 cm³/mol. The summed E-state index contributed by atoms with van der Waals surface area (Å²) in [5.74, 6) is 0.0769. The monoisotopic (exact) mass is 369 g/mol. The number of fused-ring (bicyclic) bond motifs is 1. The van der Waals surface area contributed by atoms with E-state index in [1.54, 1.807) is 19.2 Å². The standard InChI is InChI=1S/C11H7BrCl3NO2/c1-18-9-3-8-5(2-7(9)12)6(4-16-8)10(17)11(13,14)15/h2-4,16H,1H3. The van der Waals surface area contributed by atoms with Gasteiger partial charge in [0.05, 0.1) is 11.6 Å². The number of nitrogens with one attached hydrogen (secondary N) is 1. The van der Waals surface area contributed by atoms with Crippen LogP contribution in [-0.2, 0) is 0 Å². The Kier molecular flexibility index (Phi) is 3.83. The van der Waals surface area contributed by atoms with Crippen molar-refractivity contribution in [3.05, 3.63) is 28.4 Å². The van der Waals surface area contributed by atoms with Gasteiger partial charge in [0.2, 0.25) is 5.78 Å². The van der Waals surface area contributed by atoms with Gasteiger partial charge >= 0.3 is 0 Å². The molecule has 1 heterocycles. The van der Waals surface area contributed by atoms with Gasteiger partial charge in [-0.15, -0.1) is 0 Å². The highest BCUT2D eigenvalue weighted by Crippen LogP contribution is 2.36. The van der Waals surface area contributed by atoms with Crippen molar-refractivity contribution in [1.82, 2.24) is 4.98 Å². The molecule has 0 amide bonds. The summed E-state index contributed by atoms with van der Waals surface area (Å²) >= 11 is 20.2. The maximum absolute atomic E-state index is 11.9. The lowest BCUT2D eigenvalue weighted by atomic mass is 10.1. The van der Waals surface area contributed by atoms with E-state index in [0.717, 1.165) is 9.99 Å². The molecule has 0 spiro atoms. The van der Waals surface area contributed by atoms with Crippen molar-refractivity contribution in [1.29, 1.82) is 0 Å². The Morgan fingerprint density at radius 1 is 1.39 bits per heavy atom. The quantitative estimate of drug-likeness (QED) is 0.624. The average molecular weight is 371 g/mol. The highest BCUT2D eigenvalue weighted by Gasteiger charge is 2.33. The van der Waals surface area contributed by atoms with Gasteiger partial charge in [0.25, 0.3) is 3.79 Å². The van der Waals surface area contributed by atoms with Crippen LogP contribution >= 0.6 is 50.7 Å². The van der Waals surface area contributed by atoms with E-state index >= 15 is 0 Å². The molecule has 0 radical (unpaired) electrons. The first kappa shape index (κ1) is 14.0. The highest BCUT2D eigenvalue weighted by molar-refractivity contribution is 9.10. The number of hydrogen-bond donors (Lipinski definition) is 1. The SMILES string of the molecule is COc1cc2[nH]cc(C(=O)C(Cl)(Cl)Cl)c2cc1Br. The Hall–Kier alpha value is -0.420. The molecule has 0 saturated heterocycles. The van der Waals surface area contributed by atoms with Gasteiger partial charge in [-0.25, -0.2) is 0 Å². The molecule has 96 valence electrons. The Balaban J connectivity index is 2.62. The summed E-state index contributed by atoms with van der Waals surface area (Å²) in [6, 6.07) is 3.50. The lowest BCUT2D eigenvalue weighted by Crippen LogP contribution is -2.18. The summed E-state index contributed by atoms with van der Waals surface area (Å²) in [7, 11) is 1.56. The maximum atomic E-state index is 11.9. The molecule has 0 aliphatic rings. The van der Waals surface area contributed by atoms with Gasteiger partial charge in [0, 0.05) is 28.7 Å². The number of Topliss-reactive ketones (excluding diaryl/α,β-unsaturated/α-hetero) is 1. The van der Waals surface area contributed by atoms with Crippen molar-refractivity contribution in [3.8, 4) is 5.75 Å². The van der Waals surface area contributed by atoms with Crippen LogP contribution in [0.25, 0.3) is 10.9 Å². The fraction of sp³-hybridized carbons (Fsp3) is 0.182. The second-order valence-corrected chi connectivity index (χ2v) is 6.70. The third kappa shape index (κ3) is 2.48. The van der Waals surface area contributed by atoms with Crippen molar-refractivity contribution in [3.63, 3.8) is 0 Å². The smallest absolute Gasteiger partial charge is 0.253 e. The van der Waals surface area contributed by atoms with Gasteiger partial charge in [-0.3, -0.25) is 4.79 Å². The van der Waals surface area contributed by atoms with Crippen LogP contribution in [0.4, 0.5) is 0 Å². The molecule has 7 heteroatoms. The fourth-order valence-electron chi connectivity index (χ4n) is 1.62. The number of carbonyl (C=O) groups is 1. The van der Waals surface area contributed by atoms with Gasteiger partial charge < -0.3 is 9.72 Å². The van der Waals surface area contributed by atoms with Gasteiger partial charge in [0.1, 0.15) is 5.75 Å². The molecule has 1 aromatic carbocycles. The van der Waals surface area contributed by atoms with Crippen LogP contribution in [0.3, 0.4) is 0 Å². The Labute approximate surface area is 126 Å². The van der Waals surface area contributed by atoms with Crippen molar-refractivity contribution in [2.24, 2.45) is 0 Å². The number of benzene rings is 1. The van der Waals surface area contributed by atoms with E-state index in [0.29, 0.717) is 16.7 Å². The minimum atomic E-state index is -1.97. The largest absolute Gasteiger partial charge is 0.495 e. The molecule has 2 aromatic rings. The van der Waals surface area contributed by atoms with E-state index in [4.69, 9.17) is 39.5 Å². The van der Waals surface area contributed by atoms with Crippen LogP contribution < -0.4 is 4.74 Å². The predicted octanol–water partition coefficient (Wildman–Crippen LogP) is 4.49. The number of methoxy groups -OCH3 is 1. The summed E-state index contributed by atoms with van der Waals surface area (Å²) in [5, 5.41) is 0.666. The number of carbonyl (C=O) groups excluding carboxylic acids is 1. The van der Waals surface area contributed by atoms with E-state index in [-0.39, 0.29) is 0 Å². The molecule has 0 aliphatic carbocycles. The van der Waals surface area contributed by atoms with Gasteiger partial charge in [-0.2, -0.15) is 0 Å². The summed E-state index contributed by atoms with van der Waals surface area (Å²) in [6.07, 6.45) is 1.51. The zero-order valence-electron chi connectivity index (χ0n) is 9.06. The molecule has 0 saturated carbocycles. The van der Waals surface area contributed by atoms with E-state index in [9.17, 15) is 4.79 Å². The van der Waals surface area contributed by atoms with E-state index in [1.807, 2.05) is 0 Å². The van der Waals surface area contributed by atoms with E-state index in [2.05, 4.69) is 20.9 Å². The van der Waals surface area contributed by atoms with Gasteiger partial charge in [-0.05, 0) is 22.0 Å². The second-order valence-electron chi connectivity index (χ2n) is 3.56. The van der Waals surface area contributed by atoms with Crippen LogP contribution in [-0.4, -0.2) is 21.7 Å². The molecule has 2 rings (SSSR count). The van der Waals surface area contributed by atoms with Crippen LogP contribution in [0.15, 0.2) is 22.8 Å². The lowest BCUT2D eigenvalue weighted by molar-refractivity contribution is 0.0998. The molecular formula is C11H7BrCl3NO2. The van der Waals surface area contributed by atoms with Crippen molar-refractivity contribution in [2.75, 3.05) is 7.11 Å². The summed E-state index contributed by atoms with van der Waals surface area (Å²) in [4.78, 5) is 14.9. The zero-order valence-corrected chi connectivity index (χ0v) is 12.9. The number of rotatable bonds is 2. The number of H-pyrrole nitrogens is 1. The summed E-state index contributed by atoms with van der Waals surface area (Å²) in [6.45, 7) is 0. The maximum Gasteiger partial charge on any atom is 0.253 e. The molecule has 0 fully saturated rings. The van der Waals surface area contributed by atoms with Crippen LogP contribution in [0.5, 0.6) is 5.75 Å². The third-order valence-corrected chi connectivity index (χ3v) is 3.59. The molecule has 3 nitrogen and oxygen atoms in total. The number of halogens is 4. The van der Waals surface area contributed by atoms with Gasteiger partial charge in [-0.1, -0.05) is 34.8 Å². The zero-order chi connectivity index (χ0) is 13.5. The molecule has 1 aromatic heterocycles. The Morgan fingerprint density at radius 2 is 2.06 bits per heavy atom. The Bertz CT molecular complexity index is 619. The topological polar surface area (TPSA) is 42.1 Å². The number of hydrogen-bond acceptors (Lipinski definition) is 2. The lowest BCUT2D eigenvalue weighted by Gasteiger charge is -2.08. The number of ether oxygens (including phenoxy) is 1. The average Bonchev–Trinajstić information content (AvgIpc) is 2.68. The van der Waals surface area contributed by atoms with Crippen molar-refractivity contribution >= 4 is 67.4 Å². The van der Waals surface area contributed by atoms with E-state index in [1.165, 1.54) is 6.20 Å². The molecule has 0 unspecified atom stereocenters. The molecule has 0 atom stereocenters. The summed E-state index contributed by atoms with van der Waals surface area (Å²) < 4.78 is 3.91. The number of ketones is 1. The molecule has 0 bridgehead atoms. The fourth-order valence-corrected chi connectivity index (χ4v) is 2.43. The molecule has 0 aliphatic heterocycles. The minimum Gasteiger partial charge on any atom is -0.495 e. The second kappa shape index (κ2) is 4.93. The first-order valence-corrected chi connectivity index (χ1v) is 6.73. The number of aromatic amines is 1. The number of alkyl halides is 3. The number of aromatic nitrogens is 1. The van der Waals surface area contributed by atoms with Crippen LogP contribution in [0, 0.1) is 0 Å². The van der Waals surface area contributed by atoms with Crippen LogP contribution in [0.2, 0.25) is 0 Å². The minimum absolute atomic E-state index is 0.327. The third-order valence-electron chi connectivity index (χ3n) is 2.46. The van der Waals surface area contributed by atoms with E-state index < -0.39 is 9.58 Å². The normalized spacial score (nSPS) is 11.8. The Morgan fingerprint density at radius 3 is 2.61 bits per heavy atom. The molecule has 1 N–H and O–H groups in total. The van der Waals surface area contributed by atoms with Crippen molar-refractivity contribution in [2.45, 2.75) is 3.79 Å². The van der Waals surface area contributed by atoms with Crippen molar-refractivity contribution < 1.29 is 9.53 Å².